The van der Waals surface area contributed by atoms with Gasteiger partial charge >= 0.3 is 12.2 Å². The summed E-state index contributed by atoms with van der Waals surface area (Å²) in [6, 6.07) is 5.04. The van der Waals surface area contributed by atoms with E-state index in [1.165, 1.54) is 14.2 Å². The molecule has 9 nitrogen and oxygen atoms in total. The summed E-state index contributed by atoms with van der Waals surface area (Å²) < 4.78 is 32.3. The fourth-order valence-corrected chi connectivity index (χ4v) is 3.13. The van der Waals surface area contributed by atoms with Crippen LogP contribution in [0, 0.1) is 0 Å². The van der Waals surface area contributed by atoms with Gasteiger partial charge in [0.2, 0.25) is 6.29 Å². The van der Waals surface area contributed by atoms with Gasteiger partial charge in [-0.1, -0.05) is 0 Å². The van der Waals surface area contributed by atoms with Gasteiger partial charge in [-0.2, -0.15) is 4.90 Å². The summed E-state index contributed by atoms with van der Waals surface area (Å²) >= 11 is 0. The lowest BCUT2D eigenvalue weighted by molar-refractivity contribution is -0.120. The molecule has 2 unspecified atom stereocenters. The van der Waals surface area contributed by atoms with Gasteiger partial charge in [-0.25, -0.2) is 9.59 Å². The maximum absolute atomic E-state index is 12.8. The quantitative estimate of drug-likeness (QED) is 0.735. The second-order valence-electron chi connectivity index (χ2n) is 7.19. The number of carbonyl (C=O) groups is 2. The lowest BCUT2D eigenvalue weighted by Gasteiger charge is -2.34. The van der Waals surface area contributed by atoms with E-state index in [4.69, 9.17) is 28.4 Å². The standard InChI is InChI=1S/C18H23NO8/c1-17(2,3)27-16(21)19-15(20)24-9-18(19)12-8-11(25-10-22-4)6-7-13(12)26-14(18)23-5/h6-8,14H,9-10H2,1-5H3. The van der Waals surface area contributed by atoms with Crippen LogP contribution < -0.4 is 9.47 Å². The molecule has 2 aliphatic heterocycles. The minimum Gasteiger partial charge on any atom is -0.468 e. The highest BCUT2D eigenvalue weighted by Gasteiger charge is 2.64. The van der Waals surface area contributed by atoms with Crippen LogP contribution in [0.2, 0.25) is 0 Å². The number of nitrogens with zero attached hydrogens (tertiary/aromatic N) is 1. The molecule has 3 rings (SSSR count). The first-order chi connectivity index (χ1) is 12.7. The van der Waals surface area contributed by atoms with Crippen molar-refractivity contribution in [3.63, 3.8) is 0 Å². The fraction of sp³-hybridized carbons (Fsp3) is 0.556. The van der Waals surface area contributed by atoms with Crippen molar-refractivity contribution in [1.82, 2.24) is 4.90 Å². The number of ether oxygens (including phenoxy) is 6. The van der Waals surface area contributed by atoms with Gasteiger partial charge in [-0.05, 0) is 39.0 Å². The van der Waals surface area contributed by atoms with E-state index in [2.05, 4.69) is 0 Å². The van der Waals surface area contributed by atoms with Crippen LogP contribution in [0.3, 0.4) is 0 Å². The van der Waals surface area contributed by atoms with Gasteiger partial charge in [0.05, 0.1) is 0 Å². The lowest BCUT2D eigenvalue weighted by Crippen LogP contribution is -2.55. The zero-order valence-electron chi connectivity index (χ0n) is 15.9. The van der Waals surface area contributed by atoms with E-state index >= 15 is 0 Å². The number of imide groups is 1. The topological polar surface area (TPSA) is 92.8 Å². The number of hydrogen-bond acceptors (Lipinski definition) is 8. The molecule has 1 aromatic rings. The Bertz CT molecular complexity index is 743. The smallest absolute Gasteiger partial charge is 0.420 e. The Morgan fingerprint density at radius 3 is 2.70 bits per heavy atom. The molecular formula is C18H23NO8. The number of rotatable bonds is 4. The molecule has 2 amide bonds. The van der Waals surface area contributed by atoms with Gasteiger partial charge < -0.3 is 28.4 Å². The van der Waals surface area contributed by atoms with Gasteiger partial charge in [-0.15, -0.1) is 0 Å². The molecule has 1 spiro atoms. The Hall–Kier alpha value is -2.52. The predicted octanol–water partition coefficient (Wildman–Crippen LogP) is 2.62. The summed E-state index contributed by atoms with van der Waals surface area (Å²) in [5.74, 6) is 0.942. The largest absolute Gasteiger partial charge is 0.468 e. The maximum atomic E-state index is 12.8. The number of fused-ring (bicyclic) bond motifs is 2. The Morgan fingerprint density at radius 1 is 1.33 bits per heavy atom. The molecular weight excluding hydrogens is 358 g/mol. The van der Waals surface area contributed by atoms with E-state index in [0.717, 1.165) is 4.90 Å². The number of carbonyl (C=O) groups excluding carboxylic acids is 2. The SMILES string of the molecule is COCOc1ccc2c(c1)C1(COC(=O)N1C(=O)OC(C)(C)C)C(OC)O2. The van der Waals surface area contributed by atoms with E-state index in [1.54, 1.807) is 39.0 Å². The van der Waals surface area contributed by atoms with Crippen LogP contribution >= 0.6 is 0 Å². The highest BCUT2D eigenvalue weighted by Crippen LogP contribution is 2.50. The van der Waals surface area contributed by atoms with Gasteiger partial charge in [0, 0.05) is 19.8 Å². The maximum Gasteiger partial charge on any atom is 0.420 e. The minimum absolute atomic E-state index is 0.0472. The number of amides is 2. The predicted molar refractivity (Wildman–Crippen MR) is 91.5 cm³/mol. The van der Waals surface area contributed by atoms with E-state index in [-0.39, 0.29) is 13.4 Å². The molecule has 0 N–H and O–H groups in total. The summed E-state index contributed by atoms with van der Waals surface area (Å²) in [7, 11) is 2.93. The zero-order valence-corrected chi connectivity index (χ0v) is 15.9. The Morgan fingerprint density at radius 2 is 2.07 bits per heavy atom. The molecule has 1 saturated heterocycles. The zero-order chi connectivity index (χ0) is 19.8. The average Bonchev–Trinajstić information content (AvgIpc) is 3.10. The van der Waals surface area contributed by atoms with Crippen molar-refractivity contribution in [2.24, 2.45) is 0 Å². The van der Waals surface area contributed by atoms with Crippen LogP contribution in [0.1, 0.15) is 26.3 Å². The van der Waals surface area contributed by atoms with Crippen molar-refractivity contribution in [2.75, 3.05) is 27.6 Å². The average molecular weight is 381 g/mol. The number of cyclic esters (lactones) is 1. The molecule has 0 bridgehead atoms. The molecule has 0 radical (unpaired) electrons. The van der Waals surface area contributed by atoms with Crippen molar-refractivity contribution in [3.8, 4) is 11.5 Å². The van der Waals surface area contributed by atoms with Crippen LogP contribution in [0.5, 0.6) is 11.5 Å². The summed E-state index contributed by atoms with van der Waals surface area (Å²) in [6.45, 7) is 5.05. The van der Waals surface area contributed by atoms with Gasteiger partial charge in [0.15, 0.2) is 12.3 Å². The molecule has 1 fully saturated rings. The molecule has 2 atom stereocenters. The molecule has 27 heavy (non-hydrogen) atoms. The Labute approximate surface area is 157 Å². The third-order valence-electron chi connectivity index (χ3n) is 4.17. The normalized spacial score (nSPS) is 23.8. The van der Waals surface area contributed by atoms with Gasteiger partial charge in [0.25, 0.3) is 0 Å². The second-order valence-corrected chi connectivity index (χ2v) is 7.19. The monoisotopic (exact) mass is 381 g/mol. The van der Waals surface area contributed by atoms with Crippen LogP contribution in [0.15, 0.2) is 18.2 Å². The van der Waals surface area contributed by atoms with E-state index < -0.39 is 29.6 Å². The van der Waals surface area contributed by atoms with Crippen LogP contribution in [-0.2, 0) is 24.5 Å². The van der Waals surface area contributed by atoms with Crippen LogP contribution in [0.25, 0.3) is 0 Å². The number of methoxy groups -OCH3 is 2. The molecule has 148 valence electrons. The summed E-state index contributed by atoms with van der Waals surface area (Å²) in [5.41, 5.74) is -1.59. The van der Waals surface area contributed by atoms with E-state index in [1.807, 2.05) is 0 Å². The van der Waals surface area contributed by atoms with Crippen molar-refractivity contribution in [1.29, 1.82) is 0 Å². The van der Waals surface area contributed by atoms with Crippen molar-refractivity contribution < 1.29 is 38.0 Å². The molecule has 9 heteroatoms. The molecule has 2 heterocycles. The summed E-state index contributed by atoms with van der Waals surface area (Å²) in [4.78, 5) is 26.1. The van der Waals surface area contributed by atoms with Crippen LogP contribution in [-0.4, -0.2) is 56.6 Å². The molecule has 2 aliphatic rings. The van der Waals surface area contributed by atoms with Gasteiger partial charge in [-0.3, -0.25) is 0 Å². The Balaban J connectivity index is 2.06. The highest BCUT2D eigenvalue weighted by atomic mass is 16.7. The number of hydrogen-bond donors (Lipinski definition) is 0. The first-order valence-electron chi connectivity index (χ1n) is 8.38. The molecule has 1 aromatic carbocycles. The minimum atomic E-state index is -1.32. The molecule has 0 aliphatic carbocycles. The van der Waals surface area contributed by atoms with Crippen molar-refractivity contribution >= 4 is 12.2 Å². The summed E-state index contributed by atoms with van der Waals surface area (Å²) in [5, 5.41) is 0. The summed E-state index contributed by atoms with van der Waals surface area (Å²) in [6.07, 6.45) is -2.62. The molecule has 0 saturated carbocycles. The molecule has 0 aromatic heterocycles. The lowest BCUT2D eigenvalue weighted by atomic mass is 9.90. The first-order valence-corrected chi connectivity index (χ1v) is 8.38. The Kier molecular flexibility index (Phi) is 4.92. The number of benzene rings is 1. The van der Waals surface area contributed by atoms with Gasteiger partial charge in [0.1, 0.15) is 23.7 Å². The third kappa shape index (κ3) is 3.28. The van der Waals surface area contributed by atoms with Crippen molar-refractivity contribution in [3.05, 3.63) is 23.8 Å². The second kappa shape index (κ2) is 6.90. The third-order valence-corrected chi connectivity index (χ3v) is 4.17. The fourth-order valence-electron chi connectivity index (χ4n) is 3.13. The van der Waals surface area contributed by atoms with Crippen LogP contribution in [0.4, 0.5) is 9.59 Å². The van der Waals surface area contributed by atoms with Crippen molar-refractivity contribution in [2.45, 2.75) is 38.2 Å². The highest BCUT2D eigenvalue weighted by molar-refractivity contribution is 5.91. The first kappa shape index (κ1) is 19.2. The van der Waals surface area contributed by atoms with E-state index in [9.17, 15) is 9.59 Å². The van der Waals surface area contributed by atoms with E-state index in [0.29, 0.717) is 17.1 Å².